The van der Waals surface area contributed by atoms with Crippen LogP contribution in [0.5, 0.6) is 0 Å². The molecule has 0 radical (unpaired) electrons. The Kier molecular flexibility index (Phi) is 6.45. The number of hydrogen-bond donors (Lipinski definition) is 1. The summed E-state index contributed by atoms with van der Waals surface area (Å²) in [4.78, 5) is 9.09. The molecule has 9 heteroatoms. The van der Waals surface area contributed by atoms with Crippen LogP contribution in [0.2, 0.25) is 5.15 Å². The lowest BCUT2D eigenvalue weighted by molar-refractivity contribution is 0.0320. The Morgan fingerprint density at radius 2 is 1.71 bits per heavy atom. The minimum atomic E-state index is -3.93. The van der Waals surface area contributed by atoms with E-state index in [4.69, 9.17) is 26.5 Å². The van der Waals surface area contributed by atoms with Crippen LogP contribution in [0.1, 0.15) is 22.7 Å². The maximum Gasteiger partial charge on any atom is 0.277 e. The average molecular weight is 457 g/mol. The van der Waals surface area contributed by atoms with Gasteiger partial charge in [-0.15, -0.1) is 0 Å². The van der Waals surface area contributed by atoms with Crippen molar-refractivity contribution in [3.8, 4) is 0 Å². The third-order valence-electron chi connectivity index (χ3n) is 4.95. The van der Waals surface area contributed by atoms with E-state index in [1.807, 2.05) is 60.7 Å². The number of benzene rings is 2. The summed E-state index contributed by atoms with van der Waals surface area (Å²) in [5.41, 5.74) is 3.69. The summed E-state index contributed by atoms with van der Waals surface area (Å²) in [7, 11) is -3.93. The zero-order valence-corrected chi connectivity index (χ0v) is 18.1. The number of aromatic nitrogens is 1. The summed E-state index contributed by atoms with van der Waals surface area (Å²) in [6.45, 7) is 0.545. The van der Waals surface area contributed by atoms with Gasteiger partial charge in [0.1, 0.15) is 5.15 Å². The van der Waals surface area contributed by atoms with E-state index in [1.54, 1.807) is 12.3 Å². The van der Waals surface area contributed by atoms with Crippen LogP contribution in [0.4, 0.5) is 5.69 Å². The molecule has 2 aromatic carbocycles. The molecule has 160 valence electrons. The molecule has 0 aliphatic carbocycles. The first kappa shape index (κ1) is 21.6. The van der Waals surface area contributed by atoms with Gasteiger partial charge in [0.25, 0.3) is 10.2 Å². The van der Waals surface area contributed by atoms with Gasteiger partial charge in [0, 0.05) is 23.2 Å². The normalized spacial score (nSPS) is 17.3. The van der Waals surface area contributed by atoms with Crippen molar-refractivity contribution in [2.75, 3.05) is 19.8 Å². The SMILES string of the molecule is NS(=O)(=O)N1CCOCC1c1cc(N=C(c2ccccc2)c2ccccc2)cnc1Cl. The Bertz CT molecular complexity index is 1150. The molecule has 1 atom stereocenters. The molecule has 0 saturated carbocycles. The van der Waals surface area contributed by atoms with Crippen molar-refractivity contribution < 1.29 is 13.2 Å². The highest BCUT2D eigenvalue weighted by molar-refractivity contribution is 7.86. The molecule has 1 aliphatic heterocycles. The van der Waals surface area contributed by atoms with E-state index < -0.39 is 16.3 Å². The Morgan fingerprint density at radius 3 is 2.29 bits per heavy atom. The second kappa shape index (κ2) is 9.25. The molecule has 4 rings (SSSR count). The third kappa shape index (κ3) is 5.00. The zero-order valence-electron chi connectivity index (χ0n) is 16.6. The smallest absolute Gasteiger partial charge is 0.277 e. The Balaban J connectivity index is 1.80. The van der Waals surface area contributed by atoms with Gasteiger partial charge in [-0.2, -0.15) is 12.7 Å². The van der Waals surface area contributed by atoms with Gasteiger partial charge in [0.05, 0.1) is 36.9 Å². The van der Waals surface area contributed by atoms with Crippen LogP contribution in [-0.4, -0.2) is 43.2 Å². The molecule has 31 heavy (non-hydrogen) atoms. The zero-order chi connectivity index (χ0) is 21.8. The molecule has 1 unspecified atom stereocenters. The number of aliphatic imine (C=N–C) groups is 1. The molecular weight excluding hydrogens is 436 g/mol. The van der Waals surface area contributed by atoms with Gasteiger partial charge in [0.15, 0.2) is 0 Å². The number of ether oxygens (including phenoxy) is 1. The first-order valence-electron chi connectivity index (χ1n) is 9.66. The van der Waals surface area contributed by atoms with Crippen molar-refractivity contribution in [1.29, 1.82) is 0 Å². The highest BCUT2D eigenvalue weighted by Crippen LogP contribution is 2.33. The lowest BCUT2D eigenvalue weighted by Crippen LogP contribution is -2.46. The van der Waals surface area contributed by atoms with E-state index in [2.05, 4.69) is 4.98 Å². The Hall–Kier alpha value is -2.62. The van der Waals surface area contributed by atoms with Crippen molar-refractivity contribution in [2.24, 2.45) is 10.1 Å². The van der Waals surface area contributed by atoms with Crippen LogP contribution in [0, 0.1) is 0 Å². The van der Waals surface area contributed by atoms with Gasteiger partial charge >= 0.3 is 0 Å². The maximum absolute atomic E-state index is 12.1. The van der Waals surface area contributed by atoms with Crippen LogP contribution in [0.15, 0.2) is 77.9 Å². The van der Waals surface area contributed by atoms with Crippen LogP contribution in [0.25, 0.3) is 0 Å². The lowest BCUT2D eigenvalue weighted by atomic mass is 10.0. The Labute approximate surface area is 186 Å². The van der Waals surface area contributed by atoms with Gasteiger partial charge in [-0.3, -0.25) is 0 Å². The van der Waals surface area contributed by atoms with Gasteiger partial charge in [-0.25, -0.2) is 15.1 Å². The average Bonchev–Trinajstić information content (AvgIpc) is 2.79. The standard InChI is InChI=1S/C22H21ClN4O3S/c23-22-19(20-15-30-12-11-27(20)31(24,28)29)13-18(14-25-22)26-21(16-7-3-1-4-8-16)17-9-5-2-6-10-17/h1-10,13-14,20H,11-12,15H2,(H2,24,28,29). The van der Waals surface area contributed by atoms with E-state index in [-0.39, 0.29) is 24.9 Å². The topological polar surface area (TPSA) is 97.9 Å². The quantitative estimate of drug-likeness (QED) is 0.469. The summed E-state index contributed by atoms with van der Waals surface area (Å²) in [6.07, 6.45) is 1.56. The fourth-order valence-electron chi connectivity index (χ4n) is 3.50. The first-order valence-corrected chi connectivity index (χ1v) is 11.5. The minimum absolute atomic E-state index is 0.134. The Morgan fingerprint density at radius 1 is 1.10 bits per heavy atom. The van der Waals surface area contributed by atoms with Crippen molar-refractivity contribution in [2.45, 2.75) is 6.04 Å². The highest BCUT2D eigenvalue weighted by Gasteiger charge is 2.33. The van der Waals surface area contributed by atoms with Crippen LogP contribution >= 0.6 is 11.6 Å². The predicted octanol–water partition coefficient (Wildman–Crippen LogP) is 3.48. The molecule has 1 aliphatic rings. The summed E-state index contributed by atoms with van der Waals surface area (Å²) in [6, 6.07) is 20.7. The summed E-state index contributed by atoms with van der Waals surface area (Å²) in [5.74, 6) is 0. The number of nitrogens with two attached hydrogens (primary N) is 1. The summed E-state index contributed by atoms with van der Waals surface area (Å²) >= 11 is 6.34. The van der Waals surface area contributed by atoms with Crippen LogP contribution < -0.4 is 5.14 Å². The van der Waals surface area contributed by atoms with E-state index in [0.717, 1.165) is 16.8 Å². The predicted molar refractivity (Wildman–Crippen MR) is 121 cm³/mol. The van der Waals surface area contributed by atoms with Gasteiger partial charge in [-0.05, 0) is 6.07 Å². The first-order chi connectivity index (χ1) is 14.9. The molecule has 0 spiro atoms. The van der Waals surface area contributed by atoms with Gasteiger partial charge < -0.3 is 4.74 Å². The second-order valence-corrected chi connectivity index (χ2v) is 8.87. The number of nitrogens with zero attached hydrogens (tertiary/aromatic N) is 3. The number of morpholine rings is 1. The lowest BCUT2D eigenvalue weighted by Gasteiger charge is -2.33. The molecule has 2 heterocycles. The molecule has 1 fully saturated rings. The number of pyridine rings is 1. The molecule has 1 saturated heterocycles. The maximum atomic E-state index is 12.1. The molecule has 2 N–H and O–H groups in total. The van der Waals surface area contributed by atoms with Gasteiger partial charge in [-0.1, -0.05) is 72.3 Å². The van der Waals surface area contributed by atoms with Gasteiger partial charge in [0.2, 0.25) is 0 Å². The molecule has 0 bridgehead atoms. The molecule has 0 amide bonds. The number of hydrogen-bond acceptors (Lipinski definition) is 5. The van der Waals surface area contributed by atoms with Crippen molar-refractivity contribution in [1.82, 2.24) is 9.29 Å². The molecule has 3 aromatic rings. The molecule has 1 aromatic heterocycles. The summed E-state index contributed by atoms with van der Waals surface area (Å²) < 4.78 is 30.8. The molecular formula is C22H21ClN4O3S. The fraction of sp³-hybridized carbons (Fsp3) is 0.182. The van der Waals surface area contributed by atoms with Crippen molar-refractivity contribution in [3.63, 3.8) is 0 Å². The summed E-state index contributed by atoms with van der Waals surface area (Å²) in [5, 5.41) is 5.59. The van der Waals surface area contributed by atoms with E-state index >= 15 is 0 Å². The fourth-order valence-corrected chi connectivity index (χ4v) is 4.59. The third-order valence-corrected chi connectivity index (χ3v) is 6.36. The number of halogens is 1. The van der Waals surface area contributed by atoms with Crippen molar-refractivity contribution >= 4 is 33.2 Å². The van der Waals surface area contributed by atoms with E-state index in [1.165, 1.54) is 4.31 Å². The number of rotatable bonds is 5. The van der Waals surface area contributed by atoms with E-state index in [9.17, 15) is 8.42 Å². The van der Waals surface area contributed by atoms with E-state index in [0.29, 0.717) is 11.3 Å². The minimum Gasteiger partial charge on any atom is -0.378 e. The van der Waals surface area contributed by atoms with Crippen LogP contribution in [0.3, 0.4) is 0 Å². The monoisotopic (exact) mass is 456 g/mol. The second-order valence-electron chi connectivity index (χ2n) is 7.01. The largest absolute Gasteiger partial charge is 0.378 e. The molecule has 7 nitrogen and oxygen atoms in total. The highest BCUT2D eigenvalue weighted by atomic mass is 35.5. The van der Waals surface area contributed by atoms with Crippen LogP contribution in [-0.2, 0) is 14.9 Å². The van der Waals surface area contributed by atoms with Crippen molar-refractivity contribution in [3.05, 3.63) is 94.8 Å².